The lowest BCUT2D eigenvalue weighted by molar-refractivity contribution is -0.114. The highest BCUT2D eigenvalue weighted by atomic mass is 16.5. The summed E-state index contributed by atoms with van der Waals surface area (Å²) in [6.07, 6.45) is 1.81. The summed E-state index contributed by atoms with van der Waals surface area (Å²) in [6.45, 7) is 2.23. The maximum absolute atomic E-state index is 13.0. The van der Waals surface area contributed by atoms with E-state index in [1.165, 1.54) is 5.01 Å². The minimum absolute atomic E-state index is 0.171. The van der Waals surface area contributed by atoms with Gasteiger partial charge in [-0.15, -0.1) is 0 Å². The van der Waals surface area contributed by atoms with Crippen LogP contribution in [0.4, 0.5) is 5.69 Å². The van der Waals surface area contributed by atoms with E-state index >= 15 is 0 Å². The van der Waals surface area contributed by atoms with Gasteiger partial charge in [-0.1, -0.05) is 60.7 Å². The predicted octanol–water partition coefficient (Wildman–Crippen LogP) is 5.08. The lowest BCUT2D eigenvalue weighted by Gasteiger charge is -2.14. The molecule has 1 heterocycles. The van der Waals surface area contributed by atoms with Gasteiger partial charge >= 0.3 is 0 Å². The smallest absolute Gasteiger partial charge is 0.280 e. The van der Waals surface area contributed by atoms with Gasteiger partial charge in [0.1, 0.15) is 6.61 Å². The molecule has 0 unspecified atom stereocenters. The van der Waals surface area contributed by atoms with Gasteiger partial charge in [-0.05, 0) is 36.8 Å². The maximum atomic E-state index is 13.0. The molecule has 1 amide bonds. The van der Waals surface area contributed by atoms with Crippen LogP contribution < -0.4 is 14.5 Å². The number of hydrazone groups is 1. The summed E-state index contributed by atoms with van der Waals surface area (Å²) in [6, 6.07) is 24.9. The molecule has 0 radical (unpaired) electrons. The summed E-state index contributed by atoms with van der Waals surface area (Å²) in [4.78, 5) is 13.0. The molecule has 0 bridgehead atoms. The number of carbonyl (C=O) groups is 1. The molecule has 0 spiro atoms. The summed E-state index contributed by atoms with van der Waals surface area (Å²) in [5.74, 6) is 1.03. The number of amides is 1. The number of rotatable bonds is 6. The first kappa shape index (κ1) is 19.5. The Kier molecular flexibility index (Phi) is 5.61. The molecule has 1 aliphatic heterocycles. The van der Waals surface area contributed by atoms with Crippen LogP contribution in [0, 0.1) is 0 Å². The van der Waals surface area contributed by atoms with Gasteiger partial charge in [0.05, 0.1) is 24.1 Å². The summed E-state index contributed by atoms with van der Waals surface area (Å²) in [5.41, 5.74) is 3.72. The van der Waals surface area contributed by atoms with Crippen molar-refractivity contribution < 1.29 is 14.3 Å². The van der Waals surface area contributed by atoms with Gasteiger partial charge < -0.3 is 9.47 Å². The third-order valence-corrected chi connectivity index (χ3v) is 4.82. The molecule has 0 fully saturated rings. The molecule has 0 N–H and O–H groups in total. The van der Waals surface area contributed by atoms with Crippen LogP contribution in [-0.2, 0) is 11.4 Å². The second-order valence-corrected chi connectivity index (χ2v) is 6.85. The van der Waals surface area contributed by atoms with Gasteiger partial charge in [-0.3, -0.25) is 4.79 Å². The van der Waals surface area contributed by atoms with Crippen LogP contribution in [0.15, 0.2) is 89.5 Å². The second kappa shape index (κ2) is 8.66. The number of nitrogens with zero attached hydrogens (tertiary/aromatic N) is 2. The molecule has 30 heavy (non-hydrogen) atoms. The van der Waals surface area contributed by atoms with Crippen molar-refractivity contribution in [1.29, 1.82) is 0 Å². The minimum Gasteiger partial charge on any atom is -0.493 e. The number of benzene rings is 3. The van der Waals surface area contributed by atoms with E-state index in [2.05, 4.69) is 5.10 Å². The molecule has 5 nitrogen and oxygen atoms in total. The van der Waals surface area contributed by atoms with Crippen LogP contribution in [0.3, 0.4) is 0 Å². The molecular formula is C25H22N2O3. The number of carbonyl (C=O) groups excluding carboxylic acids is 1. The molecule has 4 rings (SSSR count). The predicted molar refractivity (Wildman–Crippen MR) is 119 cm³/mol. The monoisotopic (exact) mass is 398 g/mol. The molecule has 3 aromatic rings. The highest BCUT2D eigenvalue weighted by molar-refractivity contribution is 6.32. The van der Waals surface area contributed by atoms with Crippen LogP contribution >= 0.6 is 0 Å². The number of methoxy groups -OCH3 is 1. The standard InChI is InChI=1S/C25H22N2O3/c1-18-22(25(28)27(26-18)21-13-7-4-8-14-21)16-20-12-9-15-23(29-2)24(20)30-17-19-10-5-3-6-11-19/h3-16H,17H2,1-2H3/b22-16-. The lowest BCUT2D eigenvalue weighted by Crippen LogP contribution is -2.21. The summed E-state index contributed by atoms with van der Waals surface area (Å²) < 4.78 is 11.6. The van der Waals surface area contributed by atoms with E-state index in [1.54, 1.807) is 7.11 Å². The van der Waals surface area contributed by atoms with Gasteiger partial charge in [0.2, 0.25) is 0 Å². The third-order valence-electron chi connectivity index (χ3n) is 4.82. The van der Waals surface area contributed by atoms with E-state index in [4.69, 9.17) is 9.47 Å². The van der Waals surface area contributed by atoms with Crippen molar-refractivity contribution in [3.8, 4) is 11.5 Å². The molecule has 0 saturated carbocycles. The van der Waals surface area contributed by atoms with E-state index in [1.807, 2.05) is 91.9 Å². The van der Waals surface area contributed by atoms with Crippen molar-refractivity contribution in [2.75, 3.05) is 12.1 Å². The van der Waals surface area contributed by atoms with Crippen molar-refractivity contribution in [2.24, 2.45) is 5.10 Å². The largest absolute Gasteiger partial charge is 0.493 e. The fraction of sp³-hybridized carbons (Fsp3) is 0.120. The van der Waals surface area contributed by atoms with E-state index in [-0.39, 0.29) is 5.91 Å². The second-order valence-electron chi connectivity index (χ2n) is 6.85. The Bertz CT molecular complexity index is 1110. The SMILES string of the molecule is COc1cccc(/C=C2\C(=O)N(c3ccccc3)N=C2C)c1OCc1ccccc1. The van der Waals surface area contributed by atoms with Crippen LogP contribution in [0.25, 0.3) is 6.08 Å². The molecule has 150 valence electrons. The van der Waals surface area contributed by atoms with Gasteiger partial charge in [-0.2, -0.15) is 10.1 Å². The van der Waals surface area contributed by atoms with E-state index in [0.29, 0.717) is 29.4 Å². The Morgan fingerprint density at radius 1 is 0.933 bits per heavy atom. The van der Waals surface area contributed by atoms with E-state index in [0.717, 1.165) is 16.8 Å². The first-order chi connectivity index (χ1) is 14.7. The Morgan fingerprint density at radius 3 is 2.33 bits per heavy atom. The number of ether oxygens (including phenoxy) is 2. The van der Waals surface area contributed by atoms with Crippen LogP contribution in [0.2, 0.25) is 0 Å². The summed E-state index contributed by atoms with van der Waals surface area (Å²) in [7, 11) is 1.60. The van der Waals surface area contributed by atoms with Gasteiger partial charge in [0, 0.05) is 5.56 Å². The Hall–Kier alpha value is -3.86. The zero-order chi connectivity index (χ0) is 20.9. The number of hydrogen-bond acceptors (Lipinski definition) is 4. The molecule has 5 heteroatoms. The van der Waals surface area contributed by atoms with Gasteiger partial charge in [-0.25, -0.2) is 0 Å². The van der Waals surface area contributed by atoms with Crippen LogP contribution in [-0.4, -0.2) is 18.7 Å². The van der Waals surface area contributed by atoms with E-state index < -0.39 is 0 Å². The van der Waals surface area contributed by atoms with Crippen LogP contribution in [0.1, 0.15) is 18.1 Å². The summed E-state index contributed by atoms with van der Waals surface area (Å²) in [5, 5.41) is 5.87. The third kappa shape index (κ3) is 3.96. The fourth-order valence-corrected chi connectivity index (χ4v) is 3.28. The van der Waals surface area contributed by atoms with Gasteiger partial charge in [0.25, 0.3) is 5.91 Å². The zero-order valence-electron chi connectivity index (χ0n) is 16.9. The number of para-hydroxylation sites is 2. The lowest BCUT2D eigenvalue weighted by atomic mass is 10.1. The van der Waals surface area contributed by atoms with Crippen LogP contribution in [0.5, 0.6) is 11.5 Å². The molecule has 1 aliphatic rings. The van der Waals surface area contributed by atoms with Crippen molar-refractivity contribution in [3.05, 3.63) is 95.6 Å². The Labute approximate surface area is 175 Å². The molecule has 0 aromatic heterocycles. The first-order valence-corrected chi connectivity index (χ1v) is 9.68. The average Bonchev–Trinajstić information content (AvgIpc) is 3.07. The fourth-order valence-electron chi connectivity index (χ4n) is 3.28. The Balaban J connectivity index is 1.66. The minimum atomic E-state index is -0.171. The first-order valence-electron chi connectivity index (χ1n) is 9.68. The molecule has 0 saturated heterocycles. The topological polar surface area (TPSA) is 51.1 Å². The highest BCUT2D eigenvalue weighted by Gasteiger charge is 2.29. The quantitative estimate of drug-likeness (QED) is 0.544. The molecule has 3 aromatic carbocycles. The molecular weight excluding hydrogens is 376 g/mol. The zero-order valence-corrected chi connectivity index (χ0v) is 16.9. The molecule has 0 aliphatic carbocycles. The molecule has 0 atom stereocenters. The highest BCUT2D eigenvalue weighted by Crippen LogP contribution is 2.34. The van der Waals surface area contributed by atoms with Gasteiger partial charge in [0.15, 0.2) is 11.5 Å². The Morgan fingerprint density at radius 2 is 1.63 bits per heavy atom. The maximum Gasteiger partial charge on any atom is 0.280 e. The normalized spacial score (nSPS) is 14.7. The number of hydrogen-bond donors (Lipinski definition) is 0. The van der Waals surface area contributed by atoms with Crippen molar-refractivity contribution in [2.45, 2.75) is 13.5 Å². The average molecular weight is 398 g/mol. The van der Waals surface area contributed by atoms with Crippen molar-refractivity contribution >= 4 is 23.4 Å². The van der Waals surface area contributed by atoms with Crippen molar-refractivity contribution in [1.82, 2.24) is 0 Å². The summed E-state index contributed by atoms with van der Waals surface area (Å²) >= 11 is 0. The van der Waals surface area contributed by atoms with E-state index in [9.17, 15) is 4.79 Å². The number of anilines is 1. The van der Waals surface area contributed by atoms with Crippen molar-refractivity contribution in [3.63, 3.8) is 0 Å².